The van der Waals surface area contributed by atoms with Gasteiger partial charge in [-0.2, -0.15) is 5.10 Å². The van der Waals surface area contributed by atoms with E-state index in [1.165, 1.54) is 0 Å². The first kappa shape index (κ1) is 22.7. The van der Waals surface area contributed by atoms with Gasteiger partial charge < -0.3 is 14.5 Å². The van der Waals surface area contributed by atoms with Crippen LogP contribution in [0.3, 0.4) is 0 Å². The third-order valence-corrected chi connectivity index (χ3v) is 7.69. The molecule has 2 aliphatic rings. The Morgan fingerprint density at radius 1 is 1.03 bits per heavy atom. The number of nitrogens with zero attached hydrogens (tertiary/aromatic N) is 6. The van der Waals surface area contributed by atoms with Gasteiger partial charge in [0.15, 0.2) is 0 Å². The lowest BCUT2D eigenvalue weighted by Crippen LogP contribution is -2.51. The third-order valence-electron chi connectivity index (χ3n) is 7.32. The summed E-state index contributed by atoms with van der Waals surface area (Å²) in [5, 5.41) is 5.09. The van der Waals surface area contributed by atoms with E-state index in [1.807, 2.05) is 43.5 Å². The minimum atomic E-state index is 0.388. The van der Waals surface area contributed by atoms with Crippen molar-refractivity contribution in [3.05, 3.63) is 59.8 Å². The molecule has 9 nitrogen and oxygen atoms in total. The van der Waals surface area contributed by atoms with Gasteiger partial charge >= 0.3 is 0 Å². The maximum atomic E-state index is 6.77. The molecule has 2 aromatic carbocycles. The van der Waals surface area contributed by atoms with E-state index in [2.05, 4.69) is 35.8 Å². The largest absolute Gasteiger partial charge is 0.456 e. The number of fused-ring (bicyclic) bond motifs is 2. The molecule has 2 fully saturated rings. The number of aromatic nitrogens is 6. The molecule has 10 heteroatoms. The summed E-state index contributed by atoms with van der Waals surface area (Å²) in [7, 11) is 0. The summed E-state index contributed by atoms with van der Waals surface area (Å²) in [4.78, 5) is 19.7. The number of likely N-dealkylation sites (tertiary alicyclic amines) is 1. The van der Waals surface area contributed by atoms with Gasteiger partial charge in [0.1, 0.15) is 27.9 Å². The van der Waals surface area contributed by atoms with E-state index in [-0.39, 0.29) is 0 Å². The van der Waals surface area contributed by atoms with E-state index in [9.17, 15) is 0 Å². The summed E-state index contributed by atoms with van der Waals surface area (Å²) < 4.78 is 13.6. The van der Waals surface area contributed by atoms with Crippen LogP contribution in [-0.4, -0.2) is 67.0 Å². The SMILES string of the molecule is Cc1nc2ccc(Oc3ccc4ncc(-c5cnn(C6CCN(C7COC7)CC6)c5)nc4c3Cl)cc2[nH]1. The van der Waals surface area contributed by atoms with Crippen molar-refractivity contribution in [2.45, 2.75) is 31.8 Å². The molecule has 0 amide bonds. The van der Waals surface area contributed by atoms with Crippen molar-refractivity contribution >= 4 is 33.7 Å². The predicted octanol–water partition coefficient (Wildman–Crippen LogP) is 5.16. The number of nitrogens with one attached hydrogen (secondary N) is 1. The van der Waals surface area contributed by atoms with Gasteiger partial charge in [0.05, 0.1) is 59.9 Å². The van der Waals surface area contributed by atoms with Gasteiger partial charge in [0.25, 0.3) is 0 Å². The number of hydrogen-bond donors (Lipinski definition) is 1. The van der Waals surface area contributed by atoms with E-state index in [1.54, 1.807) is 6.20 Å². The lowest BCUT2D eigenvalue weighted by molar-refractivity contribution is -0.0734. The van der Waals surface area contributed by atoms with Crippen molar-refractivity contribution < 1.29 is 9.47 Å². The Kier molecular flexibility index (Phi) is 5.57. The second kappa shape index (κ2) is 9.09. The van der Waals surface area contributed by atoms with E-state index < -0.39 is 0 Å². The fraction of sp³-hybridized carbons (Fsp3) is 0.333. The average molecular weight is 516 g/mol. The van der Waals surface area contributed by atoms with Gasteiger partial charge in [-0.05, 0) is 44.0 Å². The second-order valence-corrected chi connectivity index (χ2v) is 10.1. The summed E-state index contributed by atoms with van der Waals surface area (Å²) in [6.07, 6.45) is 7.86. The summed E-state index contributed by atoms with van der Waals surface area (Å²) in [5.41, 5.74) is 4.76. The molecule has 0 spiro atoms. The molecule has 2 aliphatic heterocycles. The molecule has 0 saturated carbocycles. The third kappa shape index (κ3) is 4.22. The zero-order chi connectivity index (χ0) is 24.9. The number of piperidine rings is 1. The van der Waals surface area contributed by atoms with Gasteiger partial charge in [-0.25, -0.2) is 9.97 Å². The van der Waals surface area contributed by atoms with Crippen molar-refractivity contribution in [2.24, 2.45) is 0 Å². The first-order valence-corrected chi connectivity index (χ1v) is 12.9. The Hall–Kier alpha value is -3.53. The minimum Gasteiger partial charge on any atom is -0.456 e. The lowest BCUT2D eigenvalue weighted by Gasteiger charge is -2.41. The van der Waals surface area contributed by atoms with Crippen LogP contribution >= 0.6 is 11.6 Å². The Bertz CT molecular complexity index is 1600. The van der Waals surface area contributed by atoms with Crippen LogP contribution in [0.1, 0.15) is 24.7 Å². The fourth-order valence-corrected chi connectivity index (χ4v) is 5.41. The van der Waals surface area contributed by atoms with Gasteiger partial charge in [-0.1, -0.05) is 11.6 Å². The van der Waals surface area contributed by atoms with Gasteiger partial charge in [-0.15, -0.1) is 0 Å². The molecule has 37 heavy (non-hydrogen) atoms. The quantitative estimate of drug-likeness (QED) is 0.345. The molecule has 0 radical (unpaired) electrons. The summed E-state index contributed by atoms with van der Waals surface area (Å²) in [6, 6.07) is 10.4. The molecule has 0 aliphatic carbocycles. The summed E-state index contributed by atoms with van der Waals surface area (Å²) in [5.74, 6) is 2.05. The highest BCUT2D eigenvalue weighted by Gasteiger charge is 2.30. The Balaban J connectivity index is 1.12. The smallest absolute Gasteiger partial charge is 0.148 e. The van der Waals surface area contributed by atoms with Crippen LogP contribution in [0.5, 0.6) is 11.5 Å². The number of hydrogen-bond acceptors (Lipinski definition) is 7. The summed E-state index contributed by atoms with van der Waals surface area (Å²) >= 11 is 6.77. The van der Waals surface area contributed by atoms with Crippen LogP contribution in [0, 0.1) is 6.92 Å². The predicted molar refractivity (Wildman–Crippen MR) is 141 cm³/mol. The van der Waals surface area contributed by atoms with Gasteiger partial charge in [-0.3, -0.25) is 14.6 Å². The van der Waals surface area contributed by atoms with Crippen molar-refractivity contribution in [3.63, 3.8) is 0 Å². The number of ether oxygens (including phenoxy) is 2. The molecular weight excluding hydrogens is 490 g/mol. The molecule has 0 bridgehead atoms. The fourth-order valence-electron chi connectivity index (χ4n) is 5.17. The zero-order valence-electron chi connectivity index (χ0n) is 20.4. The van der Waals surface area contributed by atoms with Crippen LogP contribution in [0.4, 0.5) is 0 Å². The highest BCUT2D eigenvalue weighted by molar-refractivity contribution is 6.36. The van der Waals surface area contributed by atoms with Crippen LogP contribution in [-0.2, 0) is 4.74 Å². The highest BCUT2D eigenvalue weighted by atomic mass is 35.5. The van der Waals surface area contributed by atoms with Crippen LogP contribution in [0.2, 0.25) is 5.02 Å². The van der Waals surface area contributed by atoms with Gasteiger partial charge in [0.2, 0.25) is 0 Å². The standard InChI is InChI=1S/C27H26ClN7O2/c1-16-31-21-3-2-20(10-23(21)32-16)37-25-5-4-22-27(26(25)28)33-24(12-29-22)17-11-30-35(13-17)18-6-8-34(9-7-18)19-14-36-15-19/h2-5,10-13,18-19H,6-9,14-15H2,1H3,(H,31,32). The van der Waals surface area contributed by atoms with E-state index in [0.29, 0.717) is 39.6 Å². The molecule has 1 N–H and O–H groups in total. The Morgan fingerprint density at radius 3 is 2.68 bits per heavy atom. The second-order valence-electron chi connectivity index (χ2n) is 9.77. The first-order valence-electron chi connectivity index (χ1n) is 12.6. The molecule has 7 rings (SSSR count). The number of benzene rings is 2. The van der Waals surface area contributed by atoms with E-state index >= 15 is 0 Å². The molecule has 2 saturated heterocycles. The number of aryl methyl sites for hydroxylation is 1. The highest BCUT2D eigenvalue weighted by Crippen LogP contribution is 2.36. The maximum absolute atomic E-state index is 6.77. The van der Waals surface area contributed by atoms with Crippen molar-refractivity contribution in [1.82, 2.24) is 34.6 Å². The zero-order valence-corrected chi connectivity index (χ0v) is 21.1. The van der Waals surface area contributed by atoms with Crippen molar-refractivity contribution in [1.29, 1.82) is 0 Å². The first-order chi connectivity index (χ1) is 18.1. The molecule has 188 valence electrons. The summed E-state index contributed by atoms with van der Waals surface area (Å²) in [6.45, 7) is 5.82. The van der Waals surface area contributed by atoms with E-state index in [0.717, 1.165) is 67.3 Å². The number of rotatable bonds is 5. The molecule has 3 aromatic heterocycles. The number of aromatic amines is 1. The molecule has 5 heterocycles. The van der Waals surface area contributed by atoms with Crippen LogP contribution in [0.15, 0.2) is 48.9 Å². The van der Waals surface area contributed by atoms with Gasteiger partial charge in [0, 0.05) is 30.9 Å². The Morgan fingerprint density at radius 2 is 1.86 bits per heavy atom. The maximum Gasteiger partial charge on any atom is 0.148 e. The topological polar surface area (TPSA) is 94.0 Å². The molecule has 5 aromatic rings. The lowest BCUT2D eigenvalue weighted by atomic mass is 10.0. The normalized spacial score (nSPS) is 17.5. The van der Waals surface area contributed by atoms with Crippen LogP contribution in [0.25, 0.3) is 33.3 Å². The van der Waals surface area contributed by atoms with Crippen molar-refractivity contribution in [3.8, 4) is 22.8 Å². The Labute approximate surface area is 218 Å². The molecule has 0 unspecified atom stereocenters. The molecular formula is C27H26ClN7O2. The minimum absolute atomic E-state index is 0.388. The monoisotopic (exact) mass is 515 g/mol. The number of halogens is 1. The van der Waals surface area contributed by atoms with Crippen molar-refractivity contribution in [2.75, 3.05) is 26.3 Å². The number of imidazole rings is 1. The average Bonchev–Trinajstić information content (AvgIpc) is 3.51. The van der Waals surface area contributed by atoms with Crippen LogP contribution < -0.4 is 4.74 Å². The molecule has 0 atom stereocenters. The number of H-pyrrole nitrogens is 1. The van der Waals surface area contributed by atoms with E-state index in [4.69, 9.17) is 26.1 Å².